The molecule has 0 aliphatic heterocycles. The van der Waals surface area contributed by atoms with Crippen LogP contribution >= 0.6 is 0 Å². The molecule has 0 saturated heterocycles. The van der Waals surface area contributed by atoms with E-state index in [2.05, 4.69) is 17.5 Å². The van der Waals surface area contributed by atoms with Gasteiger partial charge in [-0.05, 0) is 30.5 Å². The third-order valence-corrected chi connectivity index (χ3v) is 5.95. The summed E-state index contributed by atoms with van der Waals surface area (Å²) in [5.41, 5.74) is -1.61. The predicted molar refractivity (Wildman–Crippen MR) is 115 cm³/mol. The molecule has 1 aromatic carbocycles. The average Bonchev–Trinajstić information content (AvgIpc) is 3.13. The number of ether oxygens (including phenoxy) is 3. The highest BCUT2D eigenvalue weighted by atomic mass is 16.5. The first kappa shape index (κ1) is 22.9. The monoisotopic (exact) mass is 435 g/mol. The van der Waals surface area contributed by atoms with Gasteiger partial charge in [-0.25, -0.2) is 9.59 Å². The molecular formula is C24H25N3O5. The van der Waals surface area contributed by atoms with Crippen molar-refractivity contribution in [2.24, 2.45) is 5.41 Å². The van der Waals surface area contributed by atoms with Gasteiger partial charge in [-0.3, -0.25) is 0 Å². The summed E-state index contributed by atoms with van der Waals surface area (Å²) in [7, 11) is 3.89. The lowest BCUT2D eigenvalue weighted by molar-refractivity contribution is -0.139. The second-order valence-corrected chi connectivity index (χ2v) is 7.66. The molecule has 0 unspecified atom stereocenters. The van der Waals surface area contributed by atoms with Gasteiger partial charge in [-0.2, -0.15) is 10.5 Å². The van der Waals surface area contributed by atoms with Gasteiger partial charge >= 0.3 is 11.9 Å². The number of carbonyl (C=O) groups excluding carboxylic acids is 2. The van der Waals surface area contributed by atoms with Crippen molar-refractivity contribution in [2.75, 3.05) is 21.3 Å². The number of esters is 2. The molecule has 2 aliphatic rings. The summed E-state index contributed by atoms with van der Waals surface area (Å²) in [6, 6.07) is 10.7. The lowest BCUT2D eigenvalue weighted by Gasteiger charge is -2.29. The molecule has 1 fully saturated rings. The number of allylic oxidation sites excluding steroid dienone is 1. The Labute approximate surface area is 187 Å². The molecule has 1 saturated carbocycles. The zero-order valence-corrected chi connectivity index (χ0v) is 18.4. The third-order valence-electron chi connectivity index (χ3n) is 5.95. The maximum absolute atomic E-state index is 12.9. The highest BCUT2D eigenvalue weighted by Crippen LogP contribution is 2.51. The summed E-state index contributed by atoms with van der Waals surface area (Å²) in [5.74, 6) is -1.08. The first-order valence-electron chi connectivity index (χ1n) is 10.4. The number of nitriles is 2. The second kappa shape index (κ2) is 9.57. The van der Waals surface area contributed by atoms with E-state index in [1.54, 1.807) is 24.3 Å². The fourth-order valence-corrected chi connectivity index (χ4v) is 4.36. The van der Waals surface area contributed by atoms with Gasteiger partial charge in [0.05, 0.1) is 50.3 Å². The van der Waals surface area contributed by atoms with E-state index in [9.17, 15) is 20.1 Å². The number of nitrogens with zero attached hydrogens (tertiary/aromatic N) is 2. The first-order valence-corrected chi connectivity index (χ1v) is 10.4. The highest BCUT2D eigenvalue weighted by Gasteiger charge is 2.53. The number of rotatable bonds is 6. The van der Waals surface area contributed by atoms with Gasteiger partial charge in [0.2, 0.25) is 5.41 Å². The predicted octanol–water partition coefficient (Wildman–Crippen LogP) is 3.02. The molecule has 2 aliphatic carbocycles. The molecule has 0 bridgehead atoms. The van der Waals surface area contributed by atoms with Crippen molar-refractivity contribution in [3.63, 3.8) is 0 Å². The molecule has 3 rings (SSSR count). The minimum Gasteiger partial charge on any atom is -0.497 e. The van der Waals surface area contributed by atoms with Gasteiger partial charge in [-0.1, -0.05) is 31.4 Å². The van der Waals surface area contributed by atoms with E-state index in [0.29, 0.717) is 11.3 Å². The molecule has 1 N–H and O–H groups in total. The maximum atomic E-state index is 12.9. The molecule has 0 heterocycles. The van der Waals surface area contributed by atoms with Crippen molar-refractivity contribution < 1.29 is 23.8 Å². The van der Waals surface area contributed by atoms with Crippen LogP contribution in [0.2, 0.25) is 0 Å². The van der Waals surface area contributed by atoms with E-state index >= 15 is 0 Å². The molecular weight excluding hydrogens is 410 g/mol. The molecule has 166 valence electrons. The van der Waals surface area contributed by atoms with Crippen LogP contribution in [0, 0.1) is 28.1 Å². The van der Waals surface area contributed by atoms with Crippen LogP contribution in [-0.2, 0) is 19.1 Å². The number of hydrogen-bond acceptors (Lipinski definition) is 8. The van der Waals surface area contributed by atoms with Crippen molar-refractivity contribution in [3.05, 3.63) is 46.7 Å². The zero-order chi connectivity index (χ0) is 23.3. The molecule has 1 aromatic rings. The molecule has 0 aromatic heterocycles. The zero-order valence-electron chi connectivity index (χ0n) is 18.4. The molecule has 0 radical (unpaired) electrons. The summed E-state index contributed by atoms with van der Waals surface area (Å²) in [6.45, 7) is 0. The fourth-order valence-electron chi connectivity index (χ4n) is 4.36. The maximum Gasteiger partial charge on any atom is 0.340 e. The lowest BCUT2D eigenvalue weighted by Crippen LogP contribution is -2.38. The van der Waals surface area contributed by atoms with E-state index in [0.717, 1.165) is 32.1 Å². The van der Waals surface area contributed by atoms with Gasteiger partial charge < -0.3 is 19.5 Å². The SMILES string of the molecule is COC(=O)C1=C(NC2CCCCC2)C(C#N)(C#N)C(c2ccc(OC)cc2)=C1C(=O)OC. The standard InChI is InChI=1S/C24H25N3O5/c1-30-17-11-9-15(10-12-17)20-18(22(28)31-2)19(23(29)32-3)21(24(20,13-25)14-26)27-16-7-5-4-6-8-16/h9-12,16,27H,4-8H2,1-3H3. The molecule has 0 spiro atoms. The van der Waals surface area contributed by atoms with Crippen molar-refractivity contribution >= 4 is 17.5 Å². The Bertz CT molecular complexity index is 1040. The van der Waals surface area contributed by atoms with Crippen molar-refractivity contribution in [3.8, 4) is 17.9 Å². The Balaban J connectivity index is 2.31. The van der Waals surface area contributed by atoms with Gasteiger partial charge in [0.25, 0.3) is 0 Å². The van der Waals surface area contributed by atoms with Crippen LogP contribution in [0.4, 0.5) is 0 Å². The summed E-state index contributed by atoms with van der Waals surface area (Å²) in [5, 5.41) is 23.8. The van der Waals surface area contributed by atoms with E-state index in [1.807, 2.05) is 0 Å². The van der Waals surface area contributed by atoms with Crippen molar-refractivity contribution in [1.29, 1.82) is 10.5 Å². The summed E-state index contributed by atoms with van der Waals surface area (Å²) in [4.78, 5) is 25.8. The largest absolute Gasteiger partial charge is 0.497 e. The molecule has 8 nitrogen and oxygen atoms in total. The van der Waals surface area contributed by atoms with E-state index in [-0.39, 0.29) is 28.5 Å². The number of hydrogen-bond donors (Lipinski definition) is 1. The fraction of sp³-hybridized carbons (Fsp3) is 0.417. The van der Waals surface area contributed by atoms with Crippen LogP contribution in [0.1, 0.15) is 37.7 Å². The lowest BCUT2D eigenvalue weighted by atomic mass is 9.78. The number of carbonyl (C=O) groups is 2. The Morgan fingerprint density at radius 1 is 0.938 bits per heavy atom. The molecule has 0 amide bonds. The average molecular weight is 435 g/mol. The topological polar surface area (TPSA) is 121 Å². The van der Waals surface area contributed by atoms with Crippen LogP contribution < -0.4 is 10.1 Å². The Hall–Kier alpha value is -3.78. The first-order chi connectivity index (χ1) is 15.5. The number of methoxy groups -OCH3 is 3. The minimum atomic E-state index is -1.92. The molecule has 8 heteroatoms. The minimum absolute atomic E-state index is 0.0337. The summed E-state index contributed by atoms with van der Waals surface area (Å²) < 4.78 is 15.1. The normalized spacial score (nSPS) is 17.9. The van der Waals surface area contributed by atoms with Crippen molar-refractivity contribution in [1.82, 2.24) is 5.32 Å². The quantitative estimate of drug-likeness (QED) is 0.677. The van der Waals surface area contributed by atoms with Gasteiger partial charge in [-0.15, -0.1) is 0 Å². The van der Waals surface area contributed by atoms with Crippen LogP contribution in [0.25, 0.3) is 5.57 Å². The molecule has 0 atom stereocenters. The van der Waals surface area contributed by atoms with E-state index < -0.39 is 17.4 Å². The Kier molecular flexibility index (Phi) is 6.85. The van der Waals surface area contributed by atoms with E-state index in [1.165, 1.54) is 21.3 Å². The van der Waals surface area contributed by atoms with Crippen LogP contribution in [0.5, 0.6) is 5.75 Å². The van der Waals surface area contributed by atoms with Crippen LogP contribution in [0.15, 0.2) is 41.1 Å². The highest BCUT2D eigenvalue weighted by molar-refractivity contribution is 6.17. The number of benzene rings is 1. The number of nitrogens with one attached hydrogen (secondary N) is 1. The van der Waals surface area contributed by atoms with Gasteiger partial charge in [0, 0.05) is 11.6 Å². The second-order valence-electron chi connectivity index (χ2n) is 7.66. The molecule has 32 heavy (non-hydrogen) atoms. The van der Waals surface area contributed by atoms with E-state index in [4.69, 9.17) is 14.2 Å². The summed E-state index contributed by atoms with van der Waals surface area (Å²) in [6.07, 6.45) is 4.75. The van der Waals surface area contributed by atoms with Gasteiger partial charge in [0.15, 0.2) is 0 Å². The third kappa shape index (κ3) is 3.80. The van der Waals surface area contributed by atoms with Crippen molar-refractivity contribution in [2.45, 2.75) is 38.1 Å². The summed E-state index contributed by atoms with van der Waals surface area (Å²) >= 11 is 0. The van der Waals surface area contributed by atoms with Crippen LogP contribution in [0.3, 0.4) is 0 Å². The van der Waals surface area contributed by atoms with Crippen LogP contribution in [-0.4, -0.2) is 39.3 Å². The smallest absolute Gasteiger partial charge is 0.340 e. The Morgan fingerprint density at radius 2 is 1.50 bits per heavy atom. The Morgan fingerprint density at radius 3 is 2.00 bits per heavy atom. The van der Waals surface area contributed by atoms with Gasteiger partial charge in [0.1, 0.15) is 5.75 Å².